The topological polar surface area (TPSA) is 80.4 Å². The number of rotatable bonds is 3. The van der Waals surface area contributed by atoms with E-state index in [0.717, 1.165) is 17.5 Å². The van der Waals surface area contributed by atoms with Gasteiger partial charge < -0.3 is 5.11 Å². The zero-order chi connectivity index (χ0) is 14.1. The van der Waals surface area contributed by atoms with E-state index in [-0.39, 0.29) is 5.69 Å². The molecule has 0 aromatic carbocycles. The Morgan fingerprint density at radius 2 is 2.10 bits per heavy atom. The highest BCUT2D eigenvalue weighted by Crippen LogP contribution is 2.21. The Morgan fingerprint density at radius 3 is 2.75 bits per heavy atom. The lowest BCUT2D eigenvalue weighted by atomic mass is 10.1. The van der Waals surface area contributed by atoms with Crippen LogP contribution in [0.3, 0.4) is 0 Å². The second-order valence-corrected chi connectivity index (χ2v) is 4.33. The van der Waals surface area contributed by atoms with Crippen molar-refractivity contribution in [1.82, 2.24) is 19.6 Å². The third kappa shape index (κ3) is 1.91. The molecule has 20 heavy (non-hydrogen) atoms. The highest BCUT2D eigenvalue weighted by molar-refractivity contribution is 5.88. The summed E-state index contributed by atoms with van der Waals surface area (Å²) in [7, 11) is 0. The number of aryl methyl sites for hydroxylation is 1. The average Bonchev–Trinajstić information content (AvgIpc) is 2.89. The molecular weight excluding hydrogens is 256 g/mol. The molecular formula is C14H12N4O2. The van der Waals surface area contributed by atoms with Crippen LogP contribution in [0, 0.1) is 0 Å². The van der Waals surface area contributed by atoms with Crippen molar-refractivity contribution in [2.45, 2.75) is 13.3 Å². The van der Waals surface area contributed by atoms with Crippen molar-refractivity contribution in [3.8, 4) is 11.3 Å². The molecule has 0 unspecified atom stereocenters. The fourth-order valence-electron chi connectivity index (χ4n) is 2.08. The maximum Gasteiger partial charge on any atom is 0.354 e. The van der Waals surface area contributed by atoms with Gasteiger partial charge in [-0.25, -0.2) is 14.3 Å². The molecule has 3 rings (SSSR count). The predicted molar refractivity (Wildman–Crippen MR) is 72.6 cm³/mol. The van der Waals surface area contributed by atoms with Gasteiger partial charge in [0, 0.05) is 23.5 Å². The van der Waals surface area contributed by atoms with E-state index in [4.69, 9.17) is 0 Å². The second kappa shape index (κ2) is 4.73. The third-order valence-electron chi connectivity index (χ3n) is 3.12. The number of aromatic nitrogens is 4. The fourth-order valence-corrected chi connectivity index (χ4v) is 2.08. The van der Waals surface area contributed by atoms with E-state index in [2.05, 4.69) is 15.1 Å². The first-order chi connectivity index (χ1) is 9.70. The van der Waals surface area contributed by atoms with Gasteiger partial charge in [0.2, 0.25) is 0 Å². The summed E-state index contributed by atoms with van der Waals surface area (Å²) in [5.74, 6) is -1.03. The minimum atomic E-state index is -1.03. The molecule has 0 amide bonds. The van der Waals surface area contributed by atoms with Crippen LogP contribution in [0.5, 0.6) is 0 Å². The lowest BCUT2D eigenvalue weighted by molar-refractivity contribution is 0.0687. The maximum atomic E-state index is 11.4. The number of nitrogens with zero attached hydrogens (tertiary/aromatic N) is 4. The molecule has 0 aliphatic rings. The van der Waals surface area contributed by atoms with Crippen molar-refractivity contribution in [2.75, 3.05) is 0 Å². The first kappa shape index (κ1) is 12.3. The van der Waals surface area contributed by atoms with Crippen molar-refractivity contribution in [3.05, 3.63) is 48.0 Å². The van der Waals surface area contributed by atoms with Crippen LogP contribution >= 0.6 is 0 Å². The summed E-state index contributed by atoms with van der Waals surface area (Å²) < 4.78 is 1.37. The lowest BCUT2D eigenvalue weighted by Gasteiger charge is -2.05. The number of carboxylic acids is 1. The van der Waals surface area contributed by atoms with E-state index in [1.807, 2.05) is 6.92 Å². The van der Waals surface area contributed by atoms with Gasteiger partial charge >= 0.3 is 5.97 Å². The van der Waals surface area contributed by atoms with Gasteiger partial charge in [-0.15, -0.1) is 0 Å². The number of aromatic carboxylic acids is 1. The summed E-state index contributed by atoms with van der Waals surface area (Å²) in [6.07, 6.45) is 5.71. The largest absolute Gasteiger partial charge is 0.477 e. The molecule has 3 aromatic heterocycles. The summed E-state index contributed by atoms with van der Waals surface area (Å²) in [4.78, 5) is 19.9. The molecule has 0 saturated heterocycles. The summed E-state index contributed by atoms with van der Waals surface area (Å²) in [5.41, 5.74) is 3.03. The van der Waals surface area contributed by atoms with Crippen LogP contribution < -0.4 is 0 Å². The molecule has 0 bridgehead atoms. The summed E-state index contributed by atoms with van der Waals surface area (Å²) in [6, 6.07) is 5.12. The Labute approximate surface area is 114 Å². The second-order valence-electron chi connectivity index (χ2n) is 4.33. The van der Waals surface area contributed by atoms with E-state index < -0.39 is 5.97 Å². The molecule has 0 saturated carbocycles. The number of fused-ring (bicyclic) bond motifs is 1. The van der Waals surface area contributed by atoms with Crippen LogP contribution in [0.1, 0.15) is 23.0 Å². The molecule has 3 aromatic rings. The normalized spacial score (nSPS) is 10.8. The Balaban J connectivity index is 2.31. The fraction of sp³-hybridized carbons (Fsp3) is 0.143. The van der Waals surface area contributed by atoms with E-state index >= 15 is 0 Å². The van der Waals surface area contributed by atoms with Gasteiger partial charge in [0.05, 0.1) is 11.9 Å². The van der Waals surface area contributed by atoms with Gasteiger partial charge in [-0.1, -0.05) is 6.92 Å². The molecule has 1 N–H and O–H groups in total. The summed E-state index contributed by atoms with van der Waals surface area (Å²) in [6.45, 7) is 1.98. The molecule has 0 radical (unpaired) electrons. The minimum absolute atomic E-state index is 0.0986. The quantitative estimate of drug-likeness (QED) is 0.786. The highest BCUT2D eigenvalue weighted by Gasteiger charge is 2.15. The molecule has 6 heteroatoms. The van der Waals surface area contributed by atoms with Gasteiger partial charge in [-0.2, -0.15) is 5.10 Å². The standard InChI is InChI=1S/C14H12N4O2/c1-2-9-8-16-18-12(14(19)20)7-11(17-13(9)18)10-3-5-15-6-4-10/h3-8H,2H2,1H3,(H,19,20). The third-order valence-corrected chi connectivity index (χ3v) is 3.12. The lowest BCUT2D eigenvalue weighted by Crippen LogP contribution is -2.08. The summed E-state index contributed by atoms with van der Waals surface area (Å²) >= 11 is 0. The first-order valence-electron chi connectivity index (χ1n) is 6.22. The van der Waals surface area contributed by atoms with Gasteiger partial charge in [-0.3, -0.25) is 4.98 Å². The Bertz CT molecular complexity index is 780. The number of pyridine rings is 1. The number of hydrogen-bond donors (Lipinski definition) is 1. The van der Waals surface area contributed by atoms with Crippen molar-refractivity contribution in [3.63, 3.8) is 0 Å². The predicted octanol–water partition coefficient (Wildman–Crippen LogP) is 2.05. The molecule has 0 spiro atoms. The first-order valence-corrected chi connectivity index (χ1v) is 6.22. The molecule has 0 aliphatic heterocycles. The molecule has 6 nitrogen and oxygen atoms in total. The Morgan fingerprint density at radius 1 is 1.35 bits per heavy atom. The van der Waals surface area contributed by atoms with Crippen molar-refractivity contribution < 1.29 is 9.90 Å². The van der Waals surface area contributed by atoms with Crippen LogP contribution in [0.4, 0.5) is 0 Å². The average molecular weight is 268 g/mol. The molecule has 3 heterocycles. The molecule has 0 aliphatic carbocycles. The van der Waals surface area contributed by atoms with Crippen molar-refractivity contribution in [1.29, 1.82) is 0 Å². The van der Waals surface area contributed by atoms with Crippen LogP contribution in [0.25, 0.3) is 16.9 Å². The van der Waals surface area contributed by atoms with Crippen molar-refractivity contribution in [2.24, 2.45) is 0 Å². The maximum absolute atomic E-state index is 11.4. The van der Waals surface area contributed by atoms with E-state index in [1.165, 1.54) is 10.6 Å². The van der Waals surface area contributed by atoms with Gasteiger partial charge in [0.15, 0.2) is 11.3 Å². The van der Waals surface area contributed by atoms with Crippen LogP contribution in [0.15, 0.2) is 36.8 Å². The van der Waals surface area contributed by atoms with Gasteiger partial charge in [-0.05, 0) is 24.6 Å². The van der Waals surface area contributed by atoms with Gasteiger partial charge in [0.25, 0.3) is 0 Å². The number of hydrogen-bond acceptors (Lipinski definition) is 4. The molecule has 100 valence electrons. The number of carboxylic acid groups (broad SMARTS) is 1. The zero-order valence-electron chi connectivity index (χ0n) is 10.8. The Hall–Kier alpha value is -2.76. The zero-order valence-corrected chi connectivity index (χ0v) is 10.8. The van der Waals surface area contributed by atoms with Crippen LogP contribution in [-0.4, -0.2) is 30.7 Å². The van der Waals surface area contributed by atoms with Crippen LogP contribution in [-0.2, 0) is 6.42 Å². The Kier molecular flexibility index (Phi) is 2.90. The van der Waals surface area contributed by atoms with Crippen molar-refractivity contribution >= 4 is 11.6 Å². The van der Waals surface area contributed by atoms with E-state index in [1.54, 1.807) is 30.7 Å². The highest BCUT2D eigenvalue weighted by atomic mass is 16.4. The SMILES string of the molecule is CCc1cnn2c(C(=O)O)cc(-c3ccncc3)nc12. The number of carbonyl (C=O) groups is 1. The smallest absolute Gasteiger partial charge is 0.354 e. The van der Waals surface area contributed by atoms with Crippen LogP contribution in [0.2, 0.25) is 0 Å². The molecule has 0 atom stereocenters. The molecule has 0 fully saturated rings. The minimum Gasteiger partial charge on any atom is -0.477 e. The van der Waals surface area contributed by atoms with E-state index in [9.17, 15) is 9.90 Å². The van der Waals surface area contributed by atoms with Gasteiger partial charge in [0.1, 0.15) is 0 Å². The van der Waals surface area contributed by atoms with E-state index in [0.29, 0.717) is 11.3 Å². The monoisotopic (exact) mass is 268 g/mol. The summed E-state index contributed by atoms with van der Waals surface area (Å²) in [5, 5.41) is 13.4.